The highest BCUT2D eigenvalue weighted by molar-refractivity contribution is 6.30. The molecular formula is C43H52ClF2N3O5. The normalized spacial score (nSPS) is 29.2. The van der Waals surface area contributed by atoms with Crippen LogP contribution in [0.15, 0.2) is 48.7 Å². The van der Waals surface area contributed by atoms with Gasteiger partial charge in [-0.15, -0.1) is 0 Å². The molecule has 1 saturated carbocycles. The molecule has 3 aromatic rings. The molecule has 0 bridgehead atoms. The zero-order valence-corrected chi connectivity index (χ0v) is 32.1. The average Bonchev–Trinajstić information content (AvgIpc) is 3.54. The van der Waals surface area contributed by atoms with Crippen molar-refractivity contribution in [2.24, 2.45) is 17.8 Å². The summed E-state index contributed by atoms with van der Waals surface area (Å²) in [4.78, 5) is 19.5. The molecule has 2 N–H and O–H groups in total. The Labute approximate surface area is 321 Å². The van der Waals surface area contributed by atoms with Crippen LogP contribution in [-0.4, -0.2) is 71.9 Å². The predicted octanol–water partition coefficient (Wildman–Crippen LogP) is 8.93. The first kappa shape index (κ1) is 37.3. The number of ether oxygens (including phenoxy) is 3. The molecular weight excluding hydrogens is 712 g/mol. The summed E-state index contributed by atoms with van der Waals surface area (Å²) in [5.74, 6) is -0.233. The summed E-state index contributed by atoms with van der Waals surface area (Å²) >= 11 is 6.29. The van der Waals surface area contributed by atoms with Gasteiger partial charge >= 0.3 is 5.97 Å². The van der Waals surface area contributed by atoms with E-state index in [1.54, 1.807) is 12.1 Å². The number of hydrogen-bond acceptors (Lipinski definition) is 7. The summed E-state index contributed by atoms with van der Waals surface area (Å²) in [5, 5.41) is 14.6. The Bertz CT molecular complexity index is 1870. The number of fused-ring (bicyclic) bond motifs is 4. The fraction of sp³-hybridized carbons (Fsp3) is 0.581. The van der Waals surface area contributed by atoms with Crippen molar-refractivity contribution < 1.29 is 32.9 Å². The van der Waals surface area contributed by atoms with Gasteiger partial charge in [0.2, 0.25) is 0 Å². The maximum Gasteiger partial charge on any atom is 0.329 e. The van der Waals surface area contributed by atoms with E-state index in [-0.39, 0.29) is 36.1 Å². The van der Waals surface area contributed by atoms with Gasteiger partial charge in [-0.2, -0.15) is 0 Å². The Kier molecular flexibility index (Phi) is 10.2. The second-order valence-electron chi connectivity index (χ2n) is 17.0. The molecule has 8 rings (SSSR count). The number of anilines is 1. The van der Waals surface area contributed by atoms with Crippen LogP contribution >= 0.6 is 11.6 Å². The molecule has 2 fully saturated rings. The molecule has 1 spiro atoms. The second kappa shape index (κ2) is 14.8. The van der Waals surface area contributed by atoms with Gasteiger partial charge in [-0.25, -0.2) is 13.6 Å². The van der Waals surface area contributed by atoms with Crippen molar-refractivity contribution in [3.05, 3.63) is 76.1 Å². The van der Waals surface area contributed by atoms with Crippen LogP contribution in [0.2, 0.25) is 5.02 Å². The van der Waals surface area contributed by atoms with Crippen LogP contribution in [0, 0.1) is 17.8 Å². The fourth-order valence-corrected chi connectivity index (χ4v) is 10.4. The van der Waals surface area contributed by atoms with Gasteiger partial charge in [0.25, 0.3) is 5.92 Å². The van der Waals surface area contributed by atoms with Gasteiger partial charge in [-0.05, 0) is 128 Å². The van der Waals surface area contributed by atoms with Crippen molar-refractivity contribution in [3.8, 4) is 17.2 Å². The molecule has 2 unspecified atom stereocenters. The summed E-state index contributed by atoms with van der Waals surface area (Å²) in [6, 6.07) is 13.6. The minimum Gasteiger partial charge on any atom is -0.493 e. The molecule has 290 valence electrons. The highest BCUT2D eigenvalue weighted by atomic mass is 35.5. The van der Waals surface area contributed by atoms with Crippen LogP contribution in [0.4, 0.5) is 14.5 Å². The summed E-state index contributed by atoms with van der Waals surface area (Å²) in [5.41, 5.74) is 4.18. The molecule has 8 nitrogen and oxygen atoms in total. The van der Waals surface area contributed by atoms with E-state index in [2.05, 4.69) is 36.3 Å². The van der Waals surface area contributed by atoms with Crippen LogP contribution in [0.1, 0.15) is 93.5 Å². The van der Waals surface area contributed by atoms with E-state index < -0.39 is 17.4 Å². The third kappa shape index (κ3) is 7.37. The molecule has 3 aliphatic carbocycles. The van der Waals surface area contributed by atoms with E-state index in [0.717, 1.165) is 43.5 Å². The largest absolute Gasteiger partial charge is 0.493 e. The minimum absolute atomic E-state index is 0.0267. The van der Waals surface area contributed by atoms with Gasteiger partial charge in [0.15, 0.2) is 11.5 Å². The number of nitrogens with one attached hydrogen (secondary N) is 1. The second-order valence-corrected chi connectivity index (χ2v) is 17.4. The lowest BCUT2D eigenvalue weighted by atomic mass is 9.59. The van der Waals surface area contributed by atoms with Gasteiger partial charge in [0, 0.05) is 53.6 Å². The molecule has 3 heterocycles. The highest BCUT2D eigenvalue weighted by Crippen LogP contribution is 2.58. The maximum atomic E-state index is 13.9. The van der Waals surface area contributed by atoms with E-state index in [1.807, 2.05) is 29.3 Å². The number of likely N-dealkylation sites (tertiary alicyclic amines) is 1. The number of hydrogen-bond donors (Lipinski definition) is 2. The zero-order chi connectivity index (χ0) is 37.7. The Morgan fingerprint density at radius 2 is 1.89 bits per heavy atom. The van der Waals surface area contributed by atoms with Gasteiger partial charge in [-0.3, -0.25) is 9.88 Å². The van der Waals surface area contributed by atoms with Crippen molar-refractivity contribution in [1.82, 2.24) is 9.88 Å². The number of aliphatic carboxylic acids is 1. The number of alkyl halides is 2. The number of aromatic nitrogens is 1. The first-order valence-electron chi connectivity index (χ1n) is 19.8. The van der Waals surface area contributed by atoms with Crippen LogP contribution < -0.4 is 19.5 Å². The number of carboxylic acids is 1. The number of rotatable bonds is 10. The molecule has 0 radical (unpaired) electrons. The van der Waals surface area contributed by atoms with Crippen LogP contribution in [-0.2, 0) is 23.1 Å². The lowest BCUT2D eigenvalue weighted by molar-refractivity contribution is -0.144. The number of benzene rings is 2. The highest BCUT2D eigenvalue weighted by Gasteiger charge is 2.54. The molecule has 1 aromatic heterocycles. The number of pyridine rings is 1. The van der Waals surface area contributed by atoms with Gasteiger partial charge < -0.3 is 24.6 Å². The Hall–Kier alpha value is -3.63. The smallest absolute Gasteiger partial charge is 0.329 e. The lowest BCUT2D eigenvalue weighted by Crippen LogP contribution is -2.53. The topological polar surface area (TPSA) is 93.2 Å². The van der Waals surface area contributed by atoms with Crippen LogP contribution in [0.5, 0.6) is 17.2 Å². The quantitative estimate of drug-likeness (QED) is 0.212. The predicted molar refractivity (Wildman–Crippen MR) is 205 cm³/mol. The van der Waals surface area contributed by atoms with E-state index in [0.29, 0.717) is 86.7 Å². The molecule has 5 aliphatic rings. The number of carbonyl (C=O) groups is 1. The molecule has 0 amide bonds. The van der Waals surface area contributed by atoms with E-state index >= 15 is 0 Å². The van der Waals surface area contributed by atoms with Crippen molar-refractivity contribution in [2.75, 3.05) is 44.8 Å². The molecule has 54 heavy (non-hydrogen) atoms. The molecule has 4 atom stereocenters. The lowest BCUT2D eigenvalue weighted by Gasteiger charge is -2.47. The van der Waals surface area contributed by atoms with Crippen molar-refractivity contribution >= 4 is 23.3 Å². The minimum atomic E-state index is -2.64. The molecule has 1 saturated heterocycles. The first-order chi connectivity index (χ1) is 25.9. The SMILES string of the molecule is C[C@@H](COc1ccnc2c1[C@H](C)CCC2)CC1Cc2cc3c(cc2C12CCC(Nc1cccc(Cl)c1)(C(=O)O)CC2)OCC(CN1CCC(F)(F)C1)CO3. The van der Waals surface area contributed by atoms with Crippen LogP contribution in [0.25, 0.3) is 0 Å². The number of nitrogens with zero attached hydrogens (tertiary/aromatic N) is 2. The number of carboxylic acid groups (broad SMARTS) is 1. The van der Waals surface area contributed by atoms with Crippen molar-refractivity contribution in [1.29, 1.82) is 0 Å². The summed E-state index contributed by atoms with van der Waals surface area (Å²) in [7, 11) is 0. The van der Waals surface area contributed by atoms with E-state index in [9.17, 15) is 18.7 Å². The fourth-order valence-electron chi connectivity index (χ4n) is 10.2. The Morgan fingerprint density at radius 1 is 1.11 bits per heavy atom. The standard InChI is InChI=1S/C43H52ClF2N3O5/c1-27(23-52-36-9-15-47-35-8-3-5-28(2)39(35)36)17-31-18-30-19-37-38(54-25-29(24-53-37)22-49-16-14-43(45,46)26-49)21-34(30)41(31)10-12-42(13-11-41,40(50)51)48-33-7-4-6-32(44)20-33/h4,6-7,9,15,19-21,27-29,31,48H,3,5,8,10-14,16-18,22-26H2,1-2H3,(H,50,51)/t27-,28-,29?,31?,41?,42?/m1/s1. The zero-order valence-electron chi connectivity index (χ0n) is 31.4. The number of aryl methyl sites for hydroxylation is 1. The maximum absolute atomic E-state index is 13.9. The molecule has 11 heteroatoms. The van der Waals surface area contributed by atoms with Gasteiger partial charge in [-0.1, -0.05) is 31.5 Å². The van der Waals surface area contributed by atoms with Gasteiger partial charge in [0.05, 0.1) is 26.4 Å². The summed E-state index contributed by atoms with van der Waals surface area (Å²) in [6.07, 6.45) is 9.13. The van der Waals surface area contributed by atoms with Crippen LogP contribution in [0.3, 0.4) is 0 Å². The Morgan fingerprint density at radius 3 is 2.61 bits per heavy atom. The van der Waals surface area contributed by atoms with E-state index in [1.165, 1.54) is 16.7 Å². The van der Waals surface area contributed by atoms with Gasteiger partial charge in [0.1, 0.15) is 11.3 Å². The molecule has 2 aliphatic heterocycles. The third-order valence-corrected chi connectivity index (χ3v) is 13.3. The van der Waals surface area contributed by atoms with Crippen molar-refractivity contribution in [3.63, 3.8) is 0 Å². The number of halogens is 3. The third-order valence-electron chi connectivity index (χ3n) is 13.1. The summed E-state index contributed by atoms with van der Waals surface area (Å²) in [6.45, 7) is 6.59. The van der Waals surface area contributed by atoms with E-state index in [4.69, 9.17) is 25.8 Å². The van der Waals surface area contributed by atoms with Crippen molar-refractivity contribution in [2.45, 2.75) is 101 Å². The first-order valence-corrected chi connectivity index (χ1v) is 20.2. The Balaban J connectivity index is 1.03. The summed E-state index contributed by atoms with van der Waals surface area (Å²) < 4.78 is 47.2. The average molecular weight is 764 g/mol. The monoisotopic (exact) mass is 763 g/mol. The molecule has 2 aromatic carbocycles.